The molecule has 3 aromatic heterocycles. The summed E-state index contributed by atoms with van der Waals surface area (Å²) in [4.78, 5) is 26.6. The largest absolute Gasteiger partial charge is 0.347 e. The van der Waals surface area contributed by atoms with E-state index in [9.17, 15) is 9.59 Å². The molecule has 3 heterocycles. The van der Waals surface area contributed by atoms with Gasteiger partial charge in [0, 0.05) is 13.2 Å². The summed E-state index contributed by atoms with van der Waals surface area (Å²) in [5.41, 5.74) is 1.03. The summed E-state index contributed by atoms with van der Waals surface area (Å²) < 4.78 is 1.73. The number of thiophene rings is 1. The number of aromatic nitrogens is 3. The SMILES string of the molecule is Cn1cccc1C(=O)Nc1n[nH]c2sc(C(=O)NC(C)(C)c3ccccc3)cc12. The van der Waals surface area contributed by atoms with Gasteiger partial charge >= 0.3 is 0 Å². The van der Waals surface area contributed by atoms with Gasteiger partial charge in [-0.2, -0.15) is 5.10 Å². The first-order valence-electron chi connectivity index (χ1n) is 9.14. The third-order valence-electron chi connectivity index (χ3n) is 4.81. The van der Waals surface area contributed by atoms with Gasteiger partial charge in [0.2, 0.25) is 0 Å². The van der Waals surface area contributed by atoms with Crippen molar-refractivity contribution in [2.24, 2.45) is 7.05 Å². The van der Waals surface area contributed by atoms with E-state index in [1.54, 1.807) is 36.0 Å². The molecular weight excluding hydrogens is 386 g/mol. The quantitative estimate of drug-likeness (QED) is 0.469. The minimum Gasteiger partial charge on any atom is -0.347 e. The van der Waals surface area contributed by atoms with E-state index in [1.165, 1.54) is 11.3 Å². The Morgan fingerprint density at radius 3 is 2.55 bits per heavy atom. The molecule has 0 aliphatic heterocycles. The second-order valence-corrected chi connectivity index (χ2v) is 8.38. The number of fused-ring (bicyclic) bond motifs is 1. The van der Waals surface area contributed by atoms with E-state index in [1.807, 2.05) is 44.2 Å². The van der Waals surface area contributed by atoms with E-state index < -0.39 is 5.54 Å². The Kier molecular flexibility index (Phi) is 4.71. The molecule has 29 heavy (non-hydrogen) atoms. The minimum atomic E-state index is -0.516. The van der Waals surface area contributed by atoms with Crippen molar-refractivity contribution in [1.29, 1.82) is 0 Å². The predicted octanol–water partition coefficient (Wildman–Crippen LogP) is 3.88. The summed E-state index contributed by atoms with van der Waals surface area (Å²) in [5, 5.41) is 13.7. The Hall–Kier alpha value is -3.39. The number of benzene rings is 1. The van der Waals surface area contributed by atoms with Crippen LogP contribution in [-0.2, 0) is 12.6 Å². The predicted molar refractivity (Wildman–Crippen MR) is 114 cm³/mol. The molecule has 0 aliphatic rings. The smallest absolute Gasteiger partial charge is 0.273 e. The average Bonchev–Trinajstić information content (AvgIpc) is 3.39. The van der Waals surface area contributed by atoms with Gasteiger partial charge in [0.25, 0.3) is 11.8 Å². The van der Waals surface area contributed by atoms with Crippen LogP contribution in [0.3, 0.4) is 0 Å². The fourth-order valence-electron chi connectivity index (χ4n) is 3.17. The lowest BCUT2D eigenvalue weighted by Crippen LogP contribution is -2.40. The number of carbonyl (C=O) groups is 2. The third kappa shape index (κ3) is 3.66. The summed E-state index contributed by atoms with van der Waals surface area (Å²) in [6.07, 6.45) is 1.80. The monoisotopic (exact) mass is 407 g/mol. The zero-order valence-corrected chi connectivity index (χ0v) is 17.1. The summed E-state index contributed by atoms with van der Waals surface area (Å²) in [7, 11) is 1.80. The van der Waals surface area contributed by atoms with Gasteiger partial charge in [-0.25, -0.2) is 0 Å². The molecule has 148 valence electrons. The molecule has 0 saturated heterocycles. The number of hydrogen-bond acceptors (Lipinski definition) is 4. The van der Waals surface area contributed by atoms with Crippen LogP contribution in [-0.4, -0.2) is 26.6 Å². The number of hydrogen-bond donors (Lipinski definition) is 3. The molecule has 1 aromatic carbocycles. The Bertz CT molecular complexity index is 1190. The molecule has 0 spiro atoms. The van der Waals surface area contributed by atoms with Crippen LogP contribution in [0, 0.1) is 0 Å². The third-order valence-corrected chi connectivity index (χ3v) is 5.85. The standard InChI is InChI=1S/C21H21N5O2S/c1-21(2,13-8-5-4-6-9-13)23-19(28)16-12-14-17(24-25-20(14)29-16)22-18(27)15-10-7-11-26(15)3/h4-12H,1-3H3,(H,23,28)(H2,22,24,25,27). The lowest BCUT2D eigenvalue weighted by atomic mass is 9.94. The molecule has 4 aromatic rings. The Morgan fingerprint density at radius 1 is 1.10 bits per heavy atom. The van der Waals surface area contributed by atoms with E-state index in [0.717, 1.165) is 10.4 Å². The van der Waals surface area contributed by atoms with Crippen LogP contribution in [0.2, 0.25) is 0 Å². The molecule has 0 aliphatic carbocycles. The number of anilines is 1. The molecule has 0 saturated carbocycles. The van der Waals surface area contributed by atoms with Gasteiger partial charge in [0.05, 0.1) is 15.8 Å². The fraction of sp³-hybridized carbons (Fsp3) is 0.190. The van der Waals surface area contributed by atoms with Crippen LogP contribution >= 0.6 is 11.3 Å². The lowest BCUT2D eigenvalue weighted by Gasteiger charge is -2.26. The zero-order chi connectivity index (χ0) is 20.6. The summed E-state index contributed by atoms with van der Waals surface area (Å²) in [6, 6.07) is 15.1. The summed E-state index contributed by atoms with van der Waals surface area (Å²) >= 11 is 1.30. The highest BCUT2D eigenvalue weighted by Gasteiger charge is 2.25. The van der Waals surface area contributed by atoms with Gasteiger partial charge < -0.3 is 15.2 Å². The Morgan fingerprint density at radius 2 is 1.86 bits per heavy atom. The maximum Gasteiger partial charge on any atom is 0.273 e. The van der Waals surface area contributed by atoms with E-state index >= 15 is 0 Å². The molecule has 0 radical (unpaired) electrons. The van der Waals surface area contributed by atoms with Crippen molar-refractivity contribution in [3.05, 3.63) is 70.9 Å². The molecule has 0 atom stereocenters. The number of carbonyl (C=O) groups excluding carboxylic acids is 2. The highest BCUT2D eigenvalue weighted by Crippen LogP contribution is 2.30. The number of H-pyrrole nitrogens is 1. The molecular formula is C21H21N5O2S. The topological polar surface area (TPSA) is 91.8 Å². The van der Waals surface area contributed by atoms with E-state index in [2.05, 4.69) is 20.8 Å². The van der Waals surface area contributed by atoms with Crippen molar-refractivity contribution in [2.75, 3.05) is 5.32 Å². The molecule has 0 bridgehead atoms. The number of nitrogens with one attached hydrogen (secondary N) is 3. The molecule has 7 nitrogen and oxygen atoms in total. The zero-order valence-electron chi connectivity index (χ0n) is 16.3. The molecule has 4 rings (SSSR count). The van der Waals surface area contributed by atoms with Crippen LogP contribution in [0.5, 0.6) is 0 Å². The van der Waals surface area contributed by atoms with Crippen LogP contribution in [0.25, 0.3) is 10.2 Å². The first-order valence-corrected chi connectivity index (χ1v) is 9.95. The lowest BCUT2D eigenvalue weighted by molar-refractivity contribution is 0.0915. The van der Waals surface area contributed by atoms with Crippen LogP contribution < -0.4 is 10.6 Å². The molecule has 2 amide bonds. The van der Waals surface area contributed by atoms with Crippen molar-refractivity contribution in [3.63, 3.8) is 0 Å². The van der Waals surface area contributed by atoms with Gasteiger partial charge in [0.15, 0.2) is 5.82 Å². The number of rotatable bonds is 5. The average molecular weight is 407 g/mol. The van der Waals surface area contributed by atoms with Crippen molar-refractivity contribution in [1.82, 2.24) is 20.1 Å². The maximum atomic E-state index is 12.8. The molecule has 0 fully saturated rings. The number of aromatic amines is 1. The van der Waals surface area contributed by atoms with E-state index in [-0.39, 0.29) is 11.8 Å². The molecule has 8 heteroatoms. The van der Waals surface area contributed by atoms with Crippen molar-refractivity contribution in [3.8, 4) is 0 Å². The first kappa shape index (κ1) is 18.9. The summed E-state index contributed by atoms with van der Waals surface area (Å²) in [5.74, 6) is -0.0229. The van der Waals surface area contributed by atoms with Crippen molar-refractivity contribution < 1.29 is 9.59 Å². The second-order valence-electron chi connectivity index (χ2n) is 7.33. The minimum absolute atomic E-state index is 0.173. The number of amides is 2. The van der Waals surface area contributed by atoms with Gasteiger partial charge in [0.1, 0.15) is 10.5 Å². The maximum absolute atomic E-state index is 12.8. The molecule has 3 N–H and O–H groups in total. The van der Waals surface area contributed by atoms with Crippen molar-refractivity contribution in [2.45, 2.75) is 19.4 Å². The van der Waals surface area contributed by atoms with Crippen LogP contribution in [0.4, 0.5) is 5.82 Å². The second kappa shape index (κ2) is 7.21. The van der Waals surface area contributed by atoms with E-state index in [0.29, 0.717) is 21.8 Å². The van der Waals surface area contributed by atoms with Crippen molar-refractivity contribution >= 4 is 39.2 Å². The van der Waals surface area contributed by atoms with Gasteiger partial charge in [-0.05, 0) is 37.6 Å². The summed E-state index contributed by atoms with van der Waals surface area (Å²) in [6.45, 7) is 3.93. The van der Waals surface area contributed by atoms with Gasteiger partial charge in [-0.3, -0.25) is 14.7 Å². The molecule has 0 unspecified atom stereocenters. The van der Waals surface area contributed by atoms with E-state index in [4.69, 9.17) is 0 Å². The normalized spacial score (nSPS) is 11.6. The Labute approximate surface area is 171 Å². The Balaban J connectivity index is 1.55. The van der Waals surface area contributed by atoms with Gasteiger partial charge in [-0.15, -0.1) is 11.3 Å². The van der Waals surface area contributed by atoms with Crippen LogP contribution in [0.1, 0.15) is 39.6 Å². The first-order chi connectivity index (χ1) is 13.8. The fourth-order valence-corrected chi connectivity index (χ4v) is 4.06. The highest BCUT2D eigenvalue weighted by atomic mass is 32.1. The number of aryl methyl sites for hydroxylation is 1. The van der Waals surface area contributed by atoms with Gasteiger partial charge in [-0.1, -0.05) is 30.3 Å². The highest BCUT2D eigenvalue weighted by molar-refractivity contribution is 7.20. The number of nitrogens with zero attached hydrogens (tertiary/aromatic N) is 2. The van der Waals surface area contributed by atoms with Crippen LogP contribution in [0.15, 0.2) is 54.7 Å².